The average Bonchev–Trinajstić information content (AvgIpc) is 2.95. The van der Waals surface area contributed by atoms with Crippen molar-refractivity contribution < 1.29 is 9.53 Å². The van der Waals surface area contributed by atoms with Crippen LogP contribution in [-0.2, 0) is 13.1 Å². The van der Waals surface area contributed by atoms with Crippen LogP contribution in [0.1, 0.15) is 23.2 Å². The minimum Gasteiger partial charge on any atom is -0.410 e. The lowest BCUT2D eigenvalue weighted by Crippen LogP contribution is -2.37. The number of benzene rings is 2. The standard InChI is InChI=1S/C24H27ClN4O2/c1-19-22(23(25)29(26-19)17-20-9-4-2-5-10-20)18-27-13-8-14-28(16-15-27)24(30)31-21-11-6-3-7-12-21/h2-7,9-12H,8,13-18H2,1H3. The molecule has 162 valence electrons. The van der Waals surface area contributed by atoms with Crippen molar-refractivity contribution >= 4 is 17.7 Å². The first-order valence-corrected chi connectivity index (χ1v) is 11.0. The number of carbonyl (C=O) groups is 1. The maximum Gasteiger partial charge on any atom is 0.415 e. The summed E-state index contributed by atoms with van der Waals surface area (Å²) in [6.45, 7) is 6.35. The van der Waals surface area contributed by atoms with E-state index < -0.39 is 0 Å². The van der Waals surface area contributed by atoms with Crippen LogP contribution in [0.3, 0.4) is 0 Å². The molecule has 0 saturated carbocycles. The van der Waals surface area contributed by atoms with Crippen molar-refractivity contribution in [2.45, 2.75) is 26.4 Å². The number of hydrogen-bond acceptors (Lipinski definition) is 4. The summed E-state index contributed by atoms with van der Waals surface area (Å²) in [6, 6.07) is 19.4. The molecule has 1 amide bonds. The summed E-state index contributed by atoms with van der Waals surface area (Å²) < 4.78 is 7.36. The summed E-state index contributed by atoms with van der Waals surface area (Å²) in [5, 5.41) is 5.34. The van der Waals surface area contributed by atoms with E-state index in [9.17, 15) is 4.79 Å². The predicted octanol–water partition coefficient (Wildman–Crippen LogP) is 4.60. The zero-order valence-corrected chi connectivity index (χ0v) is 18.5. The fourth-order valence-electron chi connectivity index (χ4n) is 3.82. The topological polar surface area (TPSA) is 50.6 Å². The molecule has 3 aromatic rings. The molecular weight excluding hydrogens is 412 g/mol. The second kappa shape index (κ2) is 9.98. The Morgan fingerprint density at radius 1 is 0.968 bits per heavy atom. The van der Waals surface area contributed by atoms with E-state index in [-0.39, 0.29) is 6.09 Å². The molecule has 31 heavy (non-hydrogen) atoms. The van der Waals surface area contributed by atoms with Gasteiger partial charge in [0.25, 0.3) is 0 Å². The van der Waals surface area contributed by atoms with Gasteiger partial charge in [-0.05, 0) is 31.0 Å². The molecule has 1 saturated heterocycles. The quantitative estimate of drug-likeness (QED) is 0.584. The third-order valence-corrected chi connectivity index (χ3v) is 5.96. The van der Waals surface area contributed by atoms with Gasteiger partial charge >= 0.3 is 6.09 Å². The second-order valence-electron chi connectivity index (χ2n) is 7.80. The van der Waals surface area contributed by atoms with Gasteiger partial charge in [-0.2, -0.15) is 5.10 Å². The summed E-state index contributed by atoms with van der Waals surface area (Å²) in [6.07, 6.45) is 0.594. The zero-order chi connectivity index (χ0) is 21.6. The molecule has 1 aliphatic heterocycles. The zero-order valence-electron chi connectivity index (χ0n) is 17.7. The first-order valence-electron chi connectivity index (χ1n) is 10.6. The van der Waals surface area contributed by atoms with Crippen LogP contribution in [-0.4, -0.2) is 51.9 Å². The number of aryl methyl sites for hydroxylation is 1. The van der Waals surface area contributed by atoms with Crippen LogP contribution in [0.2, 0.25) is 5.15 Å². The monoisotopic (exact) mass is 438 g/mol. The maximum absolute atomic E-state index is 12.5. The van der Waals surface area contributed by atoms with Gasteiger partial charge < -0.3 is 9.64 Å². The lowest BCUT2D eigenvalue weighted by atomic mass is 10.2. The Labute approximate surface area is 188 Å². The van der Waals surface area contributed by atoms with Crippen LogP contribution >= 0.6 is 11.6 Å². The Morgan fingerprint density at radius 2 is 1.68 bits per heavy atom. The van der Waals surface area contributed by atoms with Crippen molar-refractivity contribution in [3.05, 3.63) is 82.6 Å². The van der Waals surface area contributed by atoms with E-state index in [0.29, 0.717) is 30.5 Å². The highest BCUT2D eigenvalue weighted by molar-refractivity contribution is 6.30. The van der Waals surface area contributed by atoms with E-state index in [1.807, 2.05) is 48.0 Å². The molecule has 1 aromatic heterocycles. The van der Waals surface area contributed by atoms with E-state index >= 15 is 0 Å². The number of rotatable bonds is 5. The van der Waals surface area contributed by atoms with Crippen molar-refractivity contribution in [2.75, 3.05) is 26.2 Å². The maximum atomic E-state index is 12.5. The Kier molecular flexibility index (Phi) is 6.89. The number of ether oxygens (including phenoxy) is 1. The molecule has 0 atom stereocenters. The molecule has 0 bridgehead atoms. The molecule has 1 aliphatic rings. The lowest BCUT2D eigenvalue weighted by molar-refractivity contribution is 0.153. The molecule has 0 N–H and O–H groups in total. The number of carbonyl (C=O) groups excluding carboxylic acids is 1. The van der Waals surface area contributed by atoms with Crippen LogP contribution < -0.4 is 4.74 Å². The SMILES string of the molecule is Cc1nn(Cc2ccccc2)c(Cl)c1CN1CCCN(C(=O)Oc2ccccc2)CC1. The van der Waals surface area contributed by atoms with Crippen molar-refractivity contribution in [3.8, 4) is 5.75 Å². The summed E-state index contributed by atoms with van der Waals surface area (Å²) in [5.41, 5.74) is 3.17. The van der Waals surface area contributed by atoms with Gasteiger partial charge in [0.05, 0.1) is 12.2 Å². The van der Waals surface area contributed by atoms with Crippen LogP contribution in [0.4, 0.5) is 4.79 Å². The Morgan fingerprint density at radius 3 is 2.42 bits per heavy atom. The smallest absolute Gasteiger partial charge is 0.410 e. The molecule has 0 aliphatic carbocycles. The summed E-state index contributed by atoms with van der Waals surface area (Å²) >= 11 is 6.70. The lowest BCUT2D eigenvalue weighted by Gasteiger charge is -2.21. The van der Waals surface area contributed by atoms with Crippen molar-refractivity contribution in [1.29, 1.82) is 0 Å². The summed E-state index contributed by atoms with van der Waals surface area (Å²) in [4.78, 5) is 16.6. The Bertz CT molecular complexity index is 1010. The molecule has 0 unspecified atom stereocenters. The molecule has 7 heteroatoms. The Hall–Kier alpha value is -2.83. The summed E-state index contributed by atoms with van der Waals surface area (Å²) in [7, 11) is 0. The fraction of sp³-hybridized carbons (Fsp3) is 0.333. The average molecular weight is 439 g/mol. The van der Waals surface area contributed by atoms with Crippen LogP contribution in [0.5, 0.6) is 5.75 Å². The number of halogens is 1. The third-order valence-electron chi connectivity index (χ3n) is 5.54. The molecule has 0 spiro atoms. The molecule has 0 radical (unpaired) electrons. The van der Waals surface area contributed by atoms with E-state index in [2.05, 4.69) is 22.1 Å². The van der Waals surface area contributed by atoms with Gasteiger partial charge in [0, 0.05) is 38.3 Å². The first-order chi connectivity index (χ1) is 15.1. The van der Waals surface area contributed by atoms with Gasteiger partial charge in [0.1, 0.15) is 10.9 Å². The minimum atomic E-state index is -0.294. The first kappa shape index (κ1) is 21.4. The van der Waals surface area contributed by atoms with E-state index in [0.717, 1.165) is 37.3 Å². The van der Waals surface area contributed by atoms with Gasteiger partial charge in [-0.25, -0.2) is 9.48 Å². The van der Waals surface area contributed by atoms with Crippen LogP contribution in [0.25, 0.3) is 0 Å². The molecule has 4 rings (SSSR count). The van der Waals surface area contributed by atoms with Gasteiger partial charge in [-0.3, -0.25) is 4.90 Å². The highest BCUT2D eigenvalue weighted by Gasteiger charge is 2.23. The normalized spacial score (nSPS) is 15.0. The van der Waals surface area contributed by atoms with Gasteiger partial charge in [0.15, 0.2) is 0 Å². The second-order valence-corrected chi connectivity index (χ2v) is 8.15. The number of amides is 1. The molecule has 2 heterocycles. The van der Waals surface area contributed by atoms with E-state index in [4.69, 9.17) is 16.3 Å². The van der Waals surface area contributed by atoms with E-state index in [1.165, 1.54) is 5.56 Å². The molecule has 6 nitrogen and oxygen atoms in total. The van der Waals surface area contributed by atoms with Crippen LogP contribution in [0.15, 0.2) is 60.7 Å². The highest BCUT2D eigenvalue weighted by Crippen LogP contribution is 2.23. The highest BCUT2D eigenvalue weighted by atomic mass is 35.5. The fourth-order valence-corrected chi connectivity index (χ4v) is 4.11. The predicted molar refractivity (Wildman–Crippen MR) is 121 cm³/mol. The molecule has 2 aromatic carbocycles. The number of aromatic nitrogens is 2. The van der Waals surface area contributed by atoms with Crippen molar-refractivity contribution in [1.82, 2.24) is 19.6 Å². The summed E-state index contributed by atoms with van der Waals surface area (Å²) in [5.74, 6) is 0.571. The minimum absolute atomic E-state index is 0.294. The molecule has 1 fully saturated rings. The number of nitrogens with zero attached hydrogens (tertiary/aromatic N) is 4. The van der Waals surface area contributed by atoms with Crippen molar-refractivity contribution in [2.24, 2.45) is 0 Å². The number of hydrogen-bond donors (Lipinski definition) is 0. The van der Waals surface area contributed by atoms with Gasteiger partial charge in [0.2, 0.25) is 0 Å². The largest absolute Gasteiger partial charge is 0.415 e. The van der Waals surface area contributed by atoms with Gasteiger partial charge in [-0.15, -0.1) is 0 Å². The van der Waals surface area contributed by atoms with Crippen LogP contribution in [0, 0.1) is 6.92 Å². The van der Waals surface area contributed by atoms with Crippen molar-refractivity contribution in [3.63, 3.8) is 0 Å². The van der Waals surface area contributed by atoms with E-state index in [1.54, 1.807) is 17.0 Å². The van der Waals surface area contributed by atoms with Gasteiger partial charge in [-0.1, -0.05) is 60.1 Å². The third kappa shape index (κ3) is 5.46. The Balaban J connectivity index is 1.36. The number of para-hydroxylation sites is 1. The molecular formula is C24H27ClN4O2.